The van der Waals surface area contributed by atoms with Gasteiger partial charge in [-0.1, -0.05) is 36.0 Å². The number of fused-ring (bicyclic) bond motifs is 1. The molecule has 0 saturated heterocycles. The summed E-state index contributed by atoms with van der Waals surface area (Å²) in [4.78, 5) is 26.5. The molecule has 18 heavy (non-hydrogen) atoms. The smallest absolute Gasteiger partial charge is 0.240 e. The Morgan fingerprint density at radius 3 is 2.44 bits per heavy atom. The molecule has 0 fully saturated rings. The first-order chi connectivity index (χ1) is 8.59. The van der Waals surface area contributed by atoms with Crippen molar-refractivity contribution in [2.75, 3.05) is 0 Å². The zero-order valence-corrected chi connectivity index (χ0v) is 10.2. The number of amides is 2. The van der Waals surface area contributed by atoms with Crippen molar-refractivity contribution < 1.29 is 9.59 Å². The molecule has 2 amide bonds. The minimum Gasteiger partial charge on any atom is -0.368 e. The number of carbonyl (C=O) groups is 2. The number of hydrogen-bond donors (Lipinski definition) is 2. The lowest BCUT2D eigenvalue weighted by Gasteiger charge is -2.10. The summed E-state index contributed by atoms with van der Waals surface area (Å²) in [6.45, 7) is 0. The number of primary amides is 2. The summed E-state index contributed by atoms with van der Waals surface area (Å²) >= 11 is 0.974. The minimum absolute atomic E-state index is 0.565. The number of rotatable bonds is 4. The van der Waals surface area contributed by atoms with Gasteiger partial charge in [0.25, 0.3) is 0 Å². The van der Waals surface area contributed by atoms with Crippen molar-refractivity contribution in [2.24, 2.45) is 11.5 Å². The molecule has 0 aliphatic rings. The molecule has 5 nitrogen and oxygen atoms in total. The van der Waals surface area contributed by atoms with Crippen LogP contribution in [0.5, 0.6) is 0 Å². The Bertz CT molecular complexity index is 596. The van der Waals surface area contributed by atoms with E-state index >= 15 is 0 Å². The van der Waals surface area contributed by atoms with Crippen molar-refractivity contribution in [1.82, 2.24) is 4.98 Å². The second-order valence-electron chi connectivity index (χ2n) is 3.64. The van der Waals surface area contributed by atoms with E-state index in [-0.39, 0.29) is 0 Å². The number of carbonyl (C=O) groups excluding carboxylic acids is 2. The van der Waals surface area contributed by atoms with Gasteiger partial charge in [-0.15, -0.1) is 0 Å². The normalized spacial score (nSPS) is 10.7. The Balaban J connectivity index is 2.42. The molecule has 0 aliphatic carbocycles. The third kappa shape index (κ3) is 2.43. The lowest BCUT2D eigenvalue weighted by molar-refractivity contribution is -0.125. The van der Waals surface area contributed by atoms with Crippen LogP contribution in [0.15, 0.2) is 41.6 Å². The number of nitrogens with zero attached hydrogens (tertiary/aromatic N) is 1. The SMILES string of the molecule is NC(=O)C(Sc1nccc2ccccc12)C(N)=O. The highest BCUT2D eigenvalue weighted by Gasteiger charge is 2.24. The number of pyridine rings is 1. The van der Waals surface area contributed by atoms with E-state index < -0.39 is 17.1 Å². The van der Waals surface area contributed by atoms with E-state index in [2.05, 4.69) is 4.98 Å². The van der Waals surface area contributed by atoms with E-state index in [1.54, 1.807) is 6.20 Å². The molecule has 0 aliphatic heterocycles. The molecule has 0 unspecified atom stereocenters. The van der Waals surface area contributed by atoms with E-state index in [0.29, 0.717) is 5.03 Å². The fourth-order valence-electron chi connectivity index (χ4n) is 1.55. The Kier molecular flexibility index (Phi) is 3.47. The van der Waals surface area contributed by atoms with Gasteiger partial charge in [-0.2, -0.15) is 0 Å². The first kappa shape index (κ1) is 12.4. The van der Waals surface area contributed by atoms with Gasteiger partial charge in [0, 0.05) is 11.6 Å². The van der Waals surface area contributed by atoms with Crippen LogP contribution in [-0.2, 0) is 9.59 Å². The minimum atomic E-state index is -1.11. The topological polar surface area (TPSA) is 99.1 Å². The van der Waals surface area contributed by atoms with Gasteiger partial charge in [0.2, 0.25) is 11.8 Å². The number of aromatic nitrogens is 1. The van der Waals surface area contributed by atoms with Crippen molar-refractivity contribution in [3.63, 3.8) is 0 Å². The van der Waals surface area contributed by atoms with E-state index in [9.17, 15) is 9.59 Å². The maximum Gasteiger partial charge on any atom is 0.240 e. The average Bonchev–Trinajstić information content (AvgIpc) is 2.35. The second-order valence-corrected chi connectivity index (χ2v) is 4.73. The molecular formula is C12H11N3O2S. The van der Waals surface area contributed by atoms with Crippen molar-refractivity contribution in [2.45, 2.75) is 10.3 Å². The average molecular weight is 261 g/mol. The summed E-state index contributed by atoms with van der Waals surface area (Å²) in [6.07, 6.45) is 1.61. The largest absolute Gasteiger partial charge is 0.368 e. The molecule has 1 aromatic carbocycles. The molecule has 0 spiro atoms. The molecule has 2 aromatic rings. The monoisotopic (exact) mass is 261 g/mol. The molecule has 6 heteroatoms. The van der Waals surface area contributed by atoms with Crippen LogP contribution in [0.1, 0.15) is 0 Å². The van der Waals surface area contributed by atoms with Crippen molar-refractivity contribution >= 4 is 34.3 Å². The Morgan fingerprint density at radius 2 is 1.78 bits per heavy atom. The predicted octanol–water partition coefficient (Wildman–Crippen LogP) is 0.666. The third-order valence-electron chi connectivity index (χ3n) is 2.38. The number of nitrogens with two attached hydrogens (primary N) is 2. The van der Waals surface area contributed by atoms with Crippen molar-refractivity contribution in [3.8, 4) is 0 Å². The van der Waals surface area contributed by atoms with Crippen LogP contribution < -0.4 is 11.5 Å². The van der Waals surface area contributed by atoms with Crippen LogP contribution in [0.2, 0.25) is 0 Å². The Hall–Kier alpha value is -2.08. The van der Waals surface area contributed by atoms with Gasteiger partial charge in [0.15, 0.2) is 5.25 Å². The molecule has 92 valence electrons. The van der Waals surface area contributed by atoms with Gasteiger partial charge in [0.1, 0.15) is 5.03 Å². The van der Waals surface area contributed by atoms with Gasteiger partial charge in [-0.3, -0.25) is 9.59 Å². The fourth-order valence-corrected chi connectivity index (χ4v) is 2.44. The van der Waals surface area contributed by atoms with Crippen LogP contribution >= 0.6 is 11.8 Å². The van der Waals surface area contributed by atoms with E-state index in [1.807, 2.05) is 30.3 Å². The summed E-state index contributed by atoms with van der Waals surface area (Å²) in [7, 11) is 0. The lowest BCUT2D eigenvalue weighted by Crippen LogP contribution is -2.37. The highest BCUT2D eigenvalue weighted by molar-refractivity contribution is 8.01. The molecule has 1 heterocycles. The molecule has 0 bridgehead atoms. The Labute approximate surface area is 108 Å². The fraction of sp³-hybridized carbons (Fsp3) is 0.0833. The number of hydrogen-bond acceptors (Lipinski definition) is 4. The van der Waals surface area contributed by atoms with E-state index in [1.165, 1.54) is 0 Å². The second kappa shape index (κ2) is 5.05. The summed E-state index contributed by atoms with van der Waals surface area (Å²) in [6, 6.07) is 9.39. The van der Waals surface area contributed by atoms with E-state index in [0.717, 1.165) is 22.5 Å². The van der Waals surface area contributed by atoms with Gasteiger partial charge in [-0.05, 0) is 11.5 Å². The number of benzene rings is 1. The zero-order valence-electron chi connectivity index (χ0n) is 9.37. The molecule has 0 radical (unpaired) electrons. The van der Waals surface area contributed by atoms with E-state index in [4.69, 9.17) is 11.5 Å². The molecule has 2 rings (SSSR count). The van der Waals surface area contributed by atoms with Crippen molar-refractivity contribution in [3.05, 3.63) is 36.5 Å². The highest BCUT2D eigenvalue weighted by Crippen LogP contribution is 2.28. The quantitative estimate of drug-likeness (QED) is 0.624. The van der Waals surface area contributed by atoms with Gasteiger partial charge in [-0.25, -0.2) is 4.98 Å². The van der Waals surface area contributed by atoms with Gasteiger partial charge < -0.3 is 11.5 Å². The molecule has 0 atom stereocenters. The summed E-state index contributed by atoms with van der Waals surface area (Å²) in [5, 5.41) is 1.29. The molecule has 1 aromatic heterocycles. The van der Waals surface area contributed by atoms with Gasteiger partial charge in [0.05, 0.1) is 0 Å². The van der Waals surface area contributed by atoms with Gasteiger partial charge >= 0.3 is 0 Å². The van der Waals surface area contributed by atoms with Crippen LogP contribution in [0.25, 0.3) is 10.8 Å². The summed E-state index contributed by atoms with van der Waals surface area (Å²) < 4.78 is 0. The molecular weight excluding hydrogens is 250 g/mol. The Morgan fingerprint density at radius 1 is 1.11 bits per heavy atom. The molecule has 4 N–H and O–H groups in total. The third-order valence-corrected chi connectivity index (χ3v) is 3.63. The van der Waals surface area contributed by atoms with Crippen LogP contribution in [-0.4, -0.2) is 22.0 Å². The number of thioether (sulfide) groups is 1. The highest BCUT2D eigenvalue weighted by atomic mass is 32.2. The lowest BCUT2D eigenvalue weighted by atomic mass is 10.2. The van der Waals surface area contributed by atoms with Crippen molar-refractivity contribution in [1.29, 1.82) is 0 Å². The van der Waals surface area contributed by atoms with Crippen LogP contribution in [0, 0.1) is 0 Å². The van der Waals surface area contributed by atoms with Crippen LogP contribution in [0.3, 0.4) is 0 Å². The maximum absolute atomic E-state index is 11.2. The van der Waals surface area contributed by atoms with Crippen LogP contribution in [0.4, 0.5) is 0 Å². The first-order valence-corrected chi connectivity index (χ1v) is 6.06. The first-order valence-electron chi connectivity index (χ1n) is 5.18. The molecule has 0 saturated carbocycles. The summed E-state index contributed by atoms with van der Waals surface area (Å²) in [5.41, 5.74) is 10.3. The maximum atomic E-state index is 11.2. The standard InChI is InChI=1S/C12H11N3O2S/c13-10(16)9(11(14)17)18-12-8-4-2-1-3-7(8)5-6-15-12/h1-6,9H,(H2,13,16)(H2,14,17). The predicted molar refractivity (Wildman–Crippen MR) is 69.8 cm³/mol. The zero-order chi connectivity index (χ0) is 13.1. The summed E-state index contributed by atoms with van der Waals surface area (Å²) in [5.74, 6) is -1.52.